The second-order valence-corrected chi connectivity index (χ2v) is 8.20. The van der Waals surface area contributed by atoms with Crippen LogP contribution >= 0.6 is 0 Å². The van der Waals surface area contributed by atoms with E-state index in [1.807, 2.05) is 0 Å². The van der Waals surface area contributed by atoms with Crippen LogP contribution in [0, 0.1) is 54.5 Å². The number of hydrogen-bond acceptors (Lipinski definition) is 0. The average molecular weight is 518 g/mol. The Balaban J connectivity index is 0.000000632. The normalized spacial score (nSPS) is 14.3. The molecule has 0 aliphatic heterocycles. The third kappa shape index (κ3) is 6.15. The van der Waals surface area contributed by atoms with Crippen LogP contribution in [0.1, 0.15) is 49.9 Å². The summed E-state index contributed by atoms with van der Waals surface area (Å²) in [5.41, 5.74) is 12.6. The molecule has 0 heterocycles. The van der Waals surface area contributed by atoms with Gasteiger partial charge in [0.05, 0.1) is 0 Å². The van der Waals surface area contributed by atoms with Crippen molar-refractivity contribution in [3.05, 3.63) is 102 Å². The number of benzene rings is 2. The number of aryl methyl sites for hydroxylation is 2. The van der Waals surface area contributed by atoms with Crippen molar-refractivity contribution in [1.82, 2.24) is 0 Å². The zero-order valence-electron chi connectivity index (χ0n) is 21.6. The molecular formula is C30H38SiZr-4. The fraction of sp³-hybridized carbons (Fsp3) is 0.300. The van der Waals surface area contributed by atoms with Crippen molar-refractivity contribution in [1.29, 1.82) is 0 Å². The maximum atomic E-state index is 3.36. The number of fused-ring (bicyclic) bond motifs is 1. The molecule has 0 bridgehead atoms. The summed E-state index contributed by atoms with van der Waals surface area (Å²) in [6.07, 6.45) is 3.36. The molecule has 0 N–H and O–H groups in total. The SMILES string of the molecule is CC1=[C-]C(C)C(C)=C1C.Cc1c(C)c(C)c2c(-c3ccccc3)c[cH-]c2c1C.[CH3-].[CH3-].[Si]=[Zr]. The monoisotopic (exact) mass is 516 g/mol. The van der Waals surface area contributed by atoms with E-state index in [-0.39, 0.29) is 14.9 Å². The van der Waals surface area contributed by atoms with E-state index in [2.05, 4.69) is 111 Å². The Kier molecular flexibility index (Phi) is 12.8. The average Bonchev–Trinajstić information content (AvgIpc) is 3.31. The predicted molar refractivity (Wildman–Crippen MR) is 142 cm³/mol. The molecule has 3 aromatic carbocycles. The van der Waals surface area contributed by atoms with Gasteiger partial charge in [0.25, 0.3) is 0 Å². The van der Waals surface area contributed by atoms with E-state index in [0.29, 0.717) is 5.92 Å². The molecule has 32 heavy (non-hydrogen) atoms. The van der Waals surface area contributed by atoms with E-state index < -0.39 is 0 Å². The van der Waals surface area contributed by atoms with Gasteiger partial charge in [0.2, 0.25) is 0 Å². The van der Waals surface area contributed by atoms with Crippen LogP contribution in [0.4, 0.5) is 0 Å². The molecule has 0 saturated carbocycles. The molecule has 0 spiro atoms. The maximum absolute atomic E-state index is 3.36. The van der Waals surface area contributed by atoms with E-state index in [1.54, 1.807) is 0 Å². The molecular weight excluding hydrogens is 480 g/mol. The first kappa shape index (κ1) is 30.6. The van der Waals surface area contributed by atoms with Gasteiger partial charge < -0.3 is 14.9 Å². The Hall–Kier alpha value is -1.37. The molecule has 0 saturated heterocycles. The topological polar surface area (TPSA) is 0 Å². The van der Waals surface area contributed by atoms with Crippen molar-refractivity contribution in [2.24, 2.45) is 5.92 Å². The molecule has 0 amide bonds. The van der Waals surface area contributed by atoms with Crippen LogP contribution in [0.2, 0.25) is 0 Å². The zero-order valence-corrected chi connectivity index (χ0v) is 25.1. The van der Waals surface area contributed by atoms with Gasteiger partial charge in [-0.3, -0.25) is 6.08 Å². The standard InChI is InChI=1S/C19H19.C9H13.2CH3.Si.Zr/c1-12-13(2)15(4)19-17(14(12)3)10-11-18(19)16-8-6-5-7-9-16;1-6-5-7(2)9(4)8(6)3;;;;/h5-11H,1-4H3;6H,1-4H3;2*1H3;;/q4*-1;;. The molecule has 1 unspecified atom stereocenters. The third-order valence-corrected chi connectivity index (χ3v) is 6.74. The van der Waals surface area contributed by atoms with Crippen LogP contribution < -0.4 is 0 Å². The minimum atomic E-state index is 0. The summed E-state index contributed by atoms with van der Waals surface area (Å²) in [6.45, 7) is 20.7. The molecule has 1 aliphatic rings. The minimum absolute atomic E-state index is 0. The predicted octanol–water partition coefficient (Wildman–Crippen LogP) is 8.70. The summed E-state index contributed by atoms with van der Waals surface area (Å²) in [5.74, 6) is 0.560. The first-order valence-electron chi connectivity index (χ1n) is 10.5. The van der Waals surface area contributed by atoms with Gasteiger partial charge >= 0.3 is 30.2 Å². The van der Waals surface area contributed by atoms with Crippen molar-refractivity contribution in [3.8, 4) is 11.1 Å². The molecule has 4 rings (SSSR count). The van der Waals surface area contributed by atoms with E-state index in [4.69, 9.17) is 0 Å². The van der Waals surface area contributed by atoms with Crippen molar-refractivity contribution >= 4 is 17.7 Å². The Labute approximate surface area is 214 Å². The second-order valence-electron chi connectivity index (χ2n) is 8.20. The zero-order chi connectivity index (χ0) is 22.6. The van der Waals surface area contributed by atoms with E-state index >= 15 is 0 Å². The fourth-order valence-corrected chi connectivity index (χ4v) is 4.17. The van der Waals surface area contributed by atoms with E-state index in [0.717, 1.165) is 0 Å². The van der Waals surface area contributed by atoms with Crippen molar-refractivity contribution in [3.63, 3.8) is 0 Å². The van der Waals surface area contributed by atoms with Gasteiger partial charge in [-0.25, -0.2) is 5.57 Å². The van der Waals surface area contributed by atoms with Gasteiger partial charge in [0.15, 0.2) is 0 Å². The second kappa shape index (κ2) is 13.4. The Bertz CT molecular complexity index is 1100. The molecule has 3 aromatic rings. The molecule has 0 nitrogen and oxygen atoms in total. The Morgan fingerprint density at radius 2 is 1.34 bits per heavy atom. The summed E-state index contributed by atoms with van der Waals surface area (Å²) in [4.78, 5) is 0. The Morgan fingerprint density at radius 1 is 0.812 bits per heavy atom. The molecule has 1 atom stereocenters. The third-order valence-electron chi connectivity index (χ3n) is 6.74. The van der Waals surface area contributed by atoms with E-state index in [1.165, 1.54) is 84.2 Å². The van der Waals surface area contributed by atoms with Crippen LogP contribution in [-0.4, -0.2) is 6.88 Å². The van der Waals surface area contributed by atoms with Gasteiger partial charge in [0.1, 0.15) is 0 Å². The van der Waals surface area contributed by atoms with Crippen LogP contribution in [-0.2, 0) is 23.3 Å². The van der Waals surface area contributed by atoms with Crippen LogP contribution in [0.15, 0.2) is 59.2 Å². The first-order valence-corrected chi connectivity index (χ1v) is 14.7. The first-order chi connectivity index (χ1) is 14.2. The molecule has 0 fully saturated rings. The molecule has 170 valence electrons. The van der Waals surface area contributed by atoms with Crippen molar-refractivity contribution in [2.75, 3.05) is 0 Å². The number of hydrogen-bond donors (Lipinski definition) is 0. The number of allylic oxidation sites excluding steroid dienone is 4. The summed E-state index contributed by atoms with van der Waals surface area (Å²) in [7, 11) is 0. The molecule has 2 heteroatoms. The van der Waals surface area contributed by atoms with E-state index in [9.17, 15) is 0 Å². The van der Waals surface area contributed by atoms with Gasteiger partial charge in [-0.15, -0.1) is 41.0 Å². The van der Waals surface area contributed by atoms with Crippen LogP contribution in [0.5, 0.6) is 0 Å². The fourth-order valence-electron chi connectivity index (χ4n) is 4.17. The van der Waals surface area contributed by atoms with Crippen LogP contribution in [0.3, 0.4) is 0 Å². The number of rotatable bonds is 1. The summed E-state index contributed by atoms with van der Waals surface area (Å²) in [5, 5.41) is 2.83. The van der Waals surface area contributed by atoms with Crippen molar-refractivity contribution < 1.29 is 23.3 Å². The molecule has 0 aromatic heterocycles. The van der Waals surface area contributed by atoms with Gasteiger partial charge in [-0.2, -0.15) is 11.1 Å². The quantitative estimate of drug-likeness (QED) is 0.224. The van der Waals surface area contributed by atoms with Crippen molar-refractivity contribution in [2.45, 2.75) is 55.4 Å². The Morgan fingerprint density at radius 3 is 1.78 bits per heavy atom. The summed E-state index contributed by atoms with van der Waals surface area (Å²) < 4.78 is 0. The van der Waals surface area contributed by atoms with Crippen LogP contribution in [0.25, 0.3) is 21.9 Å². The van der Waals surface area contributed by atoms with Gasteiger partial charge in [-0.05, 0) is 20.8 Å². The van der Waals surface area contributed by atoms with Gasteiger partial charge in [-0.1, -0.05) is 86.2 Å². The summed E-state index contributed by atoms with van der Waals surface area (Å²) in [6, 6.07) is 15.2. The molecule has 1 aliphatic carbocycles. The summed E-state index contributed by atoms with van der Waals surface area (Å²) >= 11 is 1.36. The van der Waals surface area contributed by atoms with Gasteiger partial charge in [0, 0.05) is 0 Å². The molecule has 2 radical (unpaired) electrons.